The van der Waals surface area contributed by atoms with Crippen molar-refractivity contribution in [2.75, 3.05) is 0 Å². The molecule has 2 aromatic rings. The minimum Gasteiger partial charge on any atom is -0.271 e. The standard InChI is InChI=1S/C7H7ClN4/c1-2-4-11-6(8)5-7(12-4)10-3-9-5/h3H,2H2,1H3,(H,9,10,11,12)/p+1. The van der Waals surface area contributed by atoms with Crippen LogP contribution in [0.1, 0.15) is 12.7 Å². The predicted octanol–water partition coefficient (Wildman–Crippen LogP) is 0.988. The number of imidazole rings is 1. The number of nitrogens with one attached hydrogen (secondary N) is 2. The lowest BCUT2D eigenvalue weighted by Gasteiger charge is -1.89. The van der Waals surface area contributed by atoms with E-state index < -0.39 is 0 Å². The second-order valence-electron chi connectivity index (χ2n) is 2.44. The molecule has 0 saturated heterocycles. The molecule has 0 atom stereocenters. The number of H-pyrrole nitrogens is 2. The molecule has 0 saturated carbocycles. The zero-order valence-electron chi connectivity index (χ0n) is 6.56. The summed E-state index contributed by atoms with van der Waals surface area (Å²) in [5.41, 5.74) is 1.51. The number of aromatic amines is 2. The van der Waals surface area contributed by atoms with Crippen LogP contribution in [0.15, 0.2) is 6.33 Å². The minimum atomic E-state index is 0.470. The lowest BCUT2D eigenvalue weighted by Crippen LogP contribution is -2.01. The van der Waals surface area contributed by atoms with Crippen molar-refractivity contribution in [2.24, 2.45) is 0 Å². The third-order valence-corrected chi connectivity index (χ3v) is 1.93. The molecule has 0 spiro atoms. The summed E-state index contributed by atoms with van der Waals surface area (Å²) in [4.78, 5) is 14.2. The maximum atomic E-state index is 5.88. The van der Waals surface area contributed by atoms with Crippen LogP contribution >= 0.6 is 11.6 Å². The summed E-state index contributed by atoms with van der Waals surface area (Å²) < 4.78 is 0. The molecule has 0 aliphatic rings. The van der Waals surface area contributed by atoms with Crippen LogP contribution < -0.4 is 4.98 Å². The molecular formula is C7H8ClN4+. The van der Waals surface area contributed by atoms with E-state index in [1.807, 2.05) is 6.92 Å². The molecule has 0 amide bonds. The Kier molecular flexibility index (Phi) is 1.69. The third kappa shape index (κ3) is 1.04. The molecule has 0 radical (unpaired) electrons. The highest BCUT2D eigenvalue weighted by Crippen LogP contribution is 2.14. The SMILES string of the molecule is CCc1nc(Cl)c2[nH]c[nH+]c2n1. The fraction of sp³-hybridized carbons (Fsp3) is 0.286. The van der Waals surface area contributed by atoms with Gasteiger partial charge in [-0.15, -0.1) is 0 Å². The normalized spacial score (nSPS) is 10.8. The van der Waals surface area contributed by atoms with Gasteiger partial charge in [-0.3, -0.25) is 4.98 Å². The molecule has 12 heavy (non-hydrogen) atoms. The lowest BCUT2D eigenvalue weighted by atomic mass is 10.4. The molecular weight excluding hydrogens is 176 g/mol. The molecule has 0 aromatic carbocycles. The first-order valence-corrected chi connectivity index (χ1v) is 4.10. The van der Waals surface area contributed by atoms with Gasteiger partial charge in [0.15, 0.2) is 11.5 Å². The Morgan fingerprint density at radius 1 is 1.58 bits per heavy atom. The number of hydrogen-bond donors (Lipinski definition) is 1. The first-order valence-electron chi connectivity index (χ1n) is 3.72. The van der Waals surface area contributed by atoms with Crippen molar-refractivity contribution >= 4 is 22.8 Å². The van der Waals surface area contributed by atoms with Gasteiger partial charge < -0.3 is 0 Å². The predicted molar refractivity (Wildman–Crippen MR) is 44.8 cm³/mol. The van der Waals surface area contributed by atoms with Crippen molar-refractivity contribution in [3.05, 3.63) is 17.3 Å². The van der Waals surface area contributed by atoms with Gasteiger partial charge in [-0.05, 0) is 0 Å². The van der Waals surface area contributed by atoms with Gasteiger partial charge in [0.1, 0.15) is 0 Å². The van der Waals surface area contributed by atoms with Crippen LogP contribution in [0.25, 0.3) is 11.2 Å². The summed E-state index contributed by atoms with van der Waals surface area (Å²) in [6.07, 6.45) is 2.47. The van der Waals surface area contributed by atoms with Gasteiger partial charge in [0, 0.05) is 6.42 Å². The molecule has 4 nitrogen and oxygen atoms in total. The van der Waals surface area contributed by atoms with Crippen molar-refractivity contribution < 1.29 is 4.98 Å². The van der Waals surface area contributed by atoms with Crippen LogP contribution in [-0.4, -0.2) is 15.0 Å². The van der Waals surface area contributed by atoms with Crippen LogP contribution in [-0.2, 0) is 6.42 Å². The molecule has 0 fully saturated rings. The van der Waals surface area contributed by atoms with Crippen molar-refractivity contribution in [3.63, 3.8) is 0 Å². The summed E-state index contributed by atoms with van der Waals surface area (Å²) in [5, 5.41) is 0.470. The summed E-state index contributed by atoms with van der Waals surface area (Å²) in [6.45, 7) is 1.99. The van der Waals surface area contributed by atoms with E-state index in [1.165, 1.54) is 0 Å². The second-order valence-corrected chi connectivity index (χ2v) is 2.80. The Morgan fingerprint density at radius 2 is 2.42 bits per heavy atom. The van der Waals surface area contributed by atoms with Crippen molar-refractivity contribution in [2.45, 2.75) is 13.3 Å². The summed E-state index contributed by atoms with van der Waals surface area (Å²) in [6, 6.07) is 0. The number of aromatic nitrogens is 4. The third-order valence-electron chi connectivity index (χ3n) is 1.65. The number of aryl methyl sites for hydroxylation is 1. The van der Waals surface area contributed by atoms with Crippen LogP contribution in [0.2, 0.25) is 5.15 Å². The maximum absolute atomic E-state index is 5.88. The number of halogens is 1. The second kappa shape index (κ2) is 2.71. The Morgan fingerprint density at radius 3 is 3.17 bits per heavy atom. The minimum absolute atomic E-state index is 0.470. The van der Waals surface area contributed by atoms with E-state index in [0.717, 1.165) is 23.4 Å². The molecule has 5 heteroatoms. The van der Waals surface area contributed by atoms with Crippen LogP contribution in [0, 0.1) is 0 Å². The Bertz CT molecular complexity index is 409. The zero-order valence-corrected chi connectivity index (χ0v) is 7.31. The maximum Gasteiger partial charge on any atom is 0.304 e. The van der Waals surface area contributed by atoms with E-state index >= 15 is 0 Å². The molecule has 0 aliphatic carbocycles. The van der Waals surface area contributed by atoms with Gasteiger partial charge in [0.2, 0.25) is 11.3 Å². The van der Waals surface area contributed by atoms with Gasteiger partial charge >= 0.3 is 5.65 Å². The van der Waals surface area contributed by atoms with Crippen LogP contribution in [0.3, 0.4) is 0 Å². The van der Waals surface area contributed by atoms with E-state index in [9.17, 15) is 0 Å². The number of rotatable bonds is 1. The quantitative estimate of drug-likeness (QED) is 0.671. The largest absolute Gasteiger partial charge is 0.304 e. The van der Waals surface area contributed by atoms with Gasteiger partial charge in [-0.2, -0.15) is 0 Å². The van der Waals surface area contributed by atoms with Gasteiger partial charge in [-0.25, -0.2) is 9.97 Å². The lowest BCUT2D eigenvalue weighted by molar-refractivity contribution is -0.347. The summed E-state index contributed by atoms with van der Waals surface area (Å²) in [7, 11) is 0. The molecule has 2 N–H and O–H groups in total. The Balaban J connectivity index is 2.75. The average Bonchev–Trinajstić information content (AvgIpc) is 2.52. The number of fused-ring (bicyclic) bond motifs is 1. The van der Waals surface area contributed by atoms with Crippen LogP contribution in [0.4, 0.5) is 0 Å². The molecule has 0 aliphatic heterocycles. The number of hydrogen-bond acceptors (Lipinski definition) is 2. The molecule has 62 valence electrons. The topological polar surface area (TPSA) is 55.7 Å². The monoisotopic (exact) mass is 183 g/mol. The van der Waals surface area contributed by atoms with Crippen molar-refractivity contribution in [1.29, 1.82) is 0 Å². The Labute approximate surface area is 74.0 Å². The van der Waals surface area contributed by atoms with Gasteiger partial charge in [-0.1, -0.05) is 23.5 Å². The first-order chi connectivity index (χ1) is 5.81. The molecule has 2 rings (SSSR count). The van der Waals surface area contributed by atoms with Crippen molar-refractivity contribution in [3.8, 4) is 0 Å². The highest BCUT2D eigenvalue weighted by Gasteiger charge is 2.12. The zero-order chi connectivity index (χ0) is 8.55. The molecule has 2 heterocycles. The molecule has 0 bridgehead atoms. The highest BCUT2D eigenvalue weighted by molar-refractivity contribution is 6.33. The molecule has 0 unspecified atom stereocenters. The fourth-order valence-electron chi connectivity index (χ4n) is 1.04. The van der Waals surface area contributed by atoms with E-state index in [2.05, 4.69) is 19.9 Å². The highest BCUT2D eigenvalue weighted by atomic mass is 35.5. The average molecular weight is 184 g/mol. The first kappa shape index (κ1) is 7.49. The van der Waals surface area contributed by atoms with E-state index in [0.29, 0.717) is 5.15 Å². The molecule has 2 aromatic heterocycles. The van der Waals surface area contributed by atoms with E-state index in [1.54, 1.807) is 6.33 Å². The number of nitrogens with zero attached hydrogens (tertiary/aromatic N) is 2. The Hall–Kier alpha value is -1.16. The smallest absolute Gasteiger partial charge is 0.271 e. The summed E-state index contributed by atoms with van der Waals surface area (Å²) in [5.74, 6) is 0.753. The van der Waals surface area contributed by atoms with E-state index in [-0.39, 0.29) is 0 Å². The van der Waals surface area contributed by atoms with Crippen molar-refractivity contribution in [1.82, 2.24) is 15.0 Å². The van der Waals surface area contributed by atoms with Gasteiger partial charge in [0.25, 0.3) is 0 Å². The fourth-order valence-corrected chi connectivity index (χ4v) is 1.29. The van der Waals surface area contributed by atoms with Crippen LogP contribution in [0.5, 0.6) is 0 Å². The van der Waals surface area contributed by atoms with Gasteiger partial charge in [0.05, 0.1) is 0 Å². The van der Waals surface area contributed by atoms with E-state index in [4.69, 9.17) is 11.6 Å². The summed E-state index contributed by atoms with van der Waals surface area (Å²) >= 11 is 5.88.